The number of hydrogen-bond donors (Lipinski definition) is 2. The fraction of sp³-hybridized carbons (Fsp3) is 0.154. The maximum atomic E-state index is 13.4. The van der Waals surface area contributed by atoms with Crippen LogP contribution in [-0.2, 0) is 6.42 Å². The van der Waals surface area contributed by atoms with Crippen molar-refractivity contribution in [2.75, 3.05) is 7.11 Å². The van der Waals surface area contributed by atoms with E-state index in [1.54, 1.807) is 50.4 Å². The van der Waals surface area contributed by atoms with E-state index >= 15 is 0 Å². The largest absolute Gasteiger partial charge is 0.503 e. The standard InChI is InChI=1S/C26H22N2O5S/c1-4-15-6-11-18-20(13-15)34-26(27-18)28-22(16-7-9-17(32-3)10-8-16)21(24(30)25(28)31)23(29)19-12-5-14(2)33-19/h5-13,30-31H,4H2,1-3H3. The minimum atomic E-state index is -0.542. The second kappa shape index (κ2) is 8.39. The average molecular weight is 475 g/mol. The lowest BCUT2D eigenvalue weighted by Gasteiger charge is -2.09. The first-order valence-electron chi connectivity index (χ1n) is 10.7. The smallest absolute Gasteiger partial charge is 0.242 e. The van der Waals surface area contributed by atoms with Crippen LogP contribution < -0.4 is 4.74 Å². The van der Waals surface area contributed by atoms with Crippen LogP contribution >= 0.6 is 11.3 Å². The zero-order valence-electron chi connectivity index (χ0n) is 18.8. The number of carbonyl (C=O) groups is 1. The normalized spacial score (nSPS) is 11.3. The van der Waals surface area contributed by atoms with Gasteiger partial charge < -0.3 is 19.4 Å². The lowest BCUT2D eigenvalue weighted by atomic mass is 10.0. The zero-order valence-corrected chi connectivity index (χ0v) is 19.6. The van der Waals surface area contributed by atoms with Gasteiger partial charge in [-0.05, 0) is 73.0 Å². The molecule has 3 heterocycles. The molecule has 3 aromatic heterocycles. The highest BCUT2D eigenvalue weighted by atomic mass is 32.1. The highest BCUT2D eigenvalue weighted by molar-refractivity contribution is 7.20. The first-order valence-corrected chi connectivity index (χ1v) is 11.5. The molecule has 34 heavy (non-hydrogen) atoms. The van der Waals surface area contributed by atoms with E-state index in [9.17, 15) is 15.0 Å². The summed E-state index contributed by atoms with van der Waals surface area (Å²) < 4.78 is 13.1. The maximum absolute atomic E-state index is 13.4. The summed E-state index contributed by atoms with van der Waals surface area (Å²) in [5, 5.41) is 22.4. The zero-order chi connectivity index (χ0) is 24.0. The molecule has 0 fully saturated rings. The molecule has 5 rings (SSSR count). The molecule has 0 saturated heterocycles. The van der Waals surface area contributed by atoms with Crippen molar-refractivity contribution in [1.29, 1.82) is 0 Å². The first kappa shape index (κ1) is 21.8. The Kier molecular flexibility index (Phi) is 5.37. The van der Waals surface area contributed by atoms with Crippen molar-refractivity contribution in [3.63, 3.8) is 0 Å². The lowest BCUT2D eigenvalue weighted by molar-refractivity contribution is 0.101. The Morgan fingerprint density at radius 2 is 1.88 bits per heavy atom. The summed E-state index contributed by atoms with van der Waals surface area (Å²) in [5.74, 6) is -0.269. The third-order valence-electron chi connectivity index (χ3n) is 5.72. The van der Waals surface area contributed by atoms with Gasteiger partial charge >= 0.3 is 0 Å². The molecule has 0 unspecified atom stereocenters. The van der Waals surface area contributed by atoms with Crippen molar-refractivity contribution in [3.8, 4) is 33.8 Å². The van der Waals surface area contributed by atoms with Gasteiger partial charge in [0.15, 0.2) is 16.6 Å². The number of fused-ring (bicyclic) bond motifs is 1. The highest BCUT2D eigenvalue weighted by Gasteiger charge is 2.32. The van der Waals surface area contributed by atoms with Crippen LogP contribution in [0.5, 0.6) is 17.4 Å². The van der Waals surface area contributed by atoms with E-state index in [2.05, 4.69) is 18.0 Å². The van der Waals surface area contributed by atoms with E-state index in [0.29, 0.717) is 27.9 Å². The Balaban J connectivity index is 1.78. The van der Waals surface area contributed by atoms with Crippen LogP contribution in [0.15, 0.2) is 59.0 Å². The molecule has 8 heteroatoms. The summed E-state index contributed by atoms with van der Waals surface area (Å²) in [4.78, 5) is 18.1. The lowest BCUT2D eigenvalue weighted by Crippen LogP contribution is -2.04. The molecule has 0 aliphatic rings. The van der Waals surface area contributed by atoms with Crippen LogP contribution in [0.4, 0.5) is 0 Å². The number of ketones is 1. The molecule has 0 radical (unpaired) electrons. The second-order valence-corrected chi connectivity index (χ2v) is 8.86. The SMILES string of the molecule is CCc1ccc2nc(-n3c(O)c(O)c(C(=O)c4ccc(C)o4)c3-c3ccc(OC)cc3)sc2c1. The number of hydrogen-bond acceptors (Lipinski definition) is 7. The van der Waals surface area contributed by atoms with Crippen LogP contribution in [-0.4, -0.2) is 32.7 Å². The summed E-state index contributed by atoms with van der Waals surface area (Å²) in [7, 11) is 1.56. The van der Waals surface area contributed by atoms with Crippen LogP contribution in [0.2, 0.25) is 0 Å². The van der Waals surface area contributed by atoms with Crippen LogP contribution in [0.3, 0.4) is 0 Å². The topological polar surface area (TPSA) is 97.7 Å². The maximum Gasteiger partial charge on any atom is 0.242 e. The highest BCUT2D eigenvalue weighted by Crippen LogP contribution is 2.45. The molecule has 0 bridgehead atoms. The van der Waals surface area contributed by atoms with Gasteiger partial charge in [0, 0.05) is 0 Å². The van der Waals surface area contributed by atoms with Crippen LogP contribution in [0, 0.1) is 6.92 Å². The van der Waals surface area contributed by atoms with Crippen molar-refractivity contribution in [2.24, 2.45) is 0 Å². The van der Waals surface area contributed by atoms with Crippen molar-refractivity contribution in [3.05, 3.63) is 77.2 Å². The average Bonchev–Trinajstić information content (AvgIpc) is 3.54. The summed E-state index contributed by atoms with van der Waals surface area (Å²) in [6.45, 7) is 3.81. The number of methoxy groups -OCH3 is 1. The molecule has 172 valence electrons. The van der Waals surface area contributed by atoms with Crippen LogP contribution in [0.25, 0.3) is 26.6 Å². The predicted octanol–water partition coefficient (Wildman–Crippen LogP) is 5.87. The third-order valence-corrected chi connectivity index (χ3v) is 6.72. The molecule has 0 saturated carbocycles. The van der Waals surface area contributed by atoms with Gasteiger partial charge in [-0.25, -0.2) is 4.98 Å². The van der Waals surface area contributed by atoms with E-state index in [4.69, 9.17) is 9.15 Å². The van der Waals surface area contributed by atoms with Gasteiger partial charge in [-0.15, -0.1) is 0 Å². The number of thiazole rings is 1. The third kappa shape index (κ3) is 3.52. The van der Waals surface area contributed by atoms with Gasteiger partial charge in [0.2, 0.25) is 11.7 Å². The van der Waals surface area contributed by atoms with Crippen molar-refractivity contribution < 1.29 is 24.2 Å². The number of aromatic nitrogens is 2. The number of aromatic hydroxyl groups is 2. The summed E-state index contributed by atoms with van der Waals surface area (Å²) in [6, 6.07) is 16.2. The molecule has 2 aromatic carbocycles. The fourth-order valence-corrected chi connectivity index (χ4v) is 4.96. The Morgan fingerprint density at radius 3 is 2.53 bits per heavy atom. The van der Waals surface area contributed by atoms with Gasteiger partial charge in [-0.3, -0.25) is 9.36 Å². The van der Waals surface area contributed by atoms with Crippen LogP contribution in [0.1, 0.15) is 34.4 Å². The molecular weight excluding hydrogens is 452 g/mol. The van der Waals surface area contributed by atoms with E-state index in [0.717, 1.165) is 16.6 Å². The number of rotatable bonds is 6. The summed E-state index contributed by atoms with van der Waals surface area (Å²) in [5.41, 5.74) is 2.77. The van der Waals surface area contributed by atoms with Crippen molar-refractivity contribution in [1.82, 2.24) is 9.55 Å². The van der Waals surface area contributed by atoms with Gasteiger partial charge in [-0.2, -0.15) is 0 Å². The van der Waals surface area contributed by atoms with Gasteiger partial charge in [-0.1, -0.05) is 24.3 Å². The number of carbonyl (C=O) groups excluding carboxylic acids is 1. The first-order chi connectivity index (χ1) is 16.4. The number of nitrogens with zero attached hydrogens (tertiary/aromatic N) is 2. The van der Waals surface area contributed by atoms with E-state index in [1.807, 2.05) is 12.1 Å². The fourth-order valence-electron chi connectivity index (χ4n) is 3.92. The molecule has 0 spiro atoms. The van der Waals surface area contributed by atoms with Crippen molar-refractivity contribution in [2.45, 2.75) is 20.3 Å². The number of furan rings is 1. The molecule has 0 aliphatic heterocycles. The minimum Gasteiger partial charge on any atom is -0.503 e. The van der Waals surface area contributed by atoms with Gasteiger partial charge in [0.1, 0.15) is 11.5 Å². The summed E-state index contributed by atoms with van der Waals surface area (Å²) in [6.07, 6.45) is 0.886. The molecule has 2 N–H and O–H groups in total. The quantitative estimate of drug-likeness (QED) is 0.299. The minimum absolute atomic E-state index is 0.0643. The van der Waals surface area contributed by atoms with Gasteiger partial charge in [0.05, 0.1) is 28.6 Å². The summed E-state index contributed by atoms with van der Waals surface area (Å²) >= 11 is 1.37. The Bertz CT molecular complexity index is 1530. The monoisotopic (exact) mass is 474 g/mol. The number of benzene rings is 2. The van der Waals surface area contributed by atoms with Gasteiger partial charge in [0.25, 0.3) is 0 Å². The van der Waals surface area contributed by atoms with E-state index < -0.39 is 17.4 Å². The molecule has 7 nitrogen and oxygen atoms in total. The molecule has 5 aromatic rings. The van der Waals surface area contributed by atoms with Crippen molar-refractivity contribution >= 4 is 27.3 Å². The predicted molar refractivity (Wildman–Crippen MR) is 131 cm³/mol. The Labute approximate surface area is 199 Å². The number of aryl methyl sites for hydroxylation is 2. The Morgan fingerprint density at radius 1 is 1.12 bits per heavy atom. The van der Waals surface area contributed by atoms with E-state index in [-0.39, 0.29) is 11.3 Å². The second-order valence-electron chi connectivity index (χ2n) is 7.85. The molecule has 0 aliphatic carbocycles. The number of ether oxygens (including phenoxy) is 1. The van der Waals surface area contributed by atoms with E-state index in [1.165, 1.54) is 21.5 Å². The Hall–Kier alpha value is -4.04. The molecular formula is C26H22N2O5S. The molecule has 0 amide bonds. The molecule has 0 atom stereocenters.